The first-order chi connectivity index (χ1) is 9.95. The first-order valence-corrected chi connectivity index (χ1v) is 7.22. The van der Waals surface area contributed by atoms with Crippen LogP contribution >= 0.6 is 23.2 Å². The van der Waals surface area contributed by atoms with Crippen LogP contribution in [0.3, 0.4) is 0 Å². The van der Waals surface area contributed by atoms with Crippen molar-refractivity contribution in [3.05, 3.63) is 75.4 Å². The third-order valence-electron chi connectivity index (χ3n) is 2.94. The zero-order valence-corrected chi connectivity index (χ0v) is 13.3. The molecule has 0 aliphatic heterocycles. The van der Waals surface area contributed by atoms with Crippen LogP contribution in [0.4, 0.5) is 5.69 Å². The van der Waals surface area contributed by atoms with Gasteiger partial charge < -0.3 is 5.32 Å². The number of carbonyl (C=O) groups excluding carboxylic acids is 1. The predicted molar refractivity (Wildman–Crippen MR) is 89.4 cm³/mol. The molecule has 0 fully saturated rings. The Morgan fingerprint density at radius 1 is 1.05 bits per heavy atom. The molecule has 0 aliphatic carbocycles. The minimum absolute atomic E-state index is 0.0416. The Bertz CT molecular complexity index is 690. The molecule has 0 saturated carbocycles. The first kappa shape index (κ1) is 15.6. The van der Waals surface area contributed by atoms with Crippen molar-refractivity contribution in [3.63, 3.8) is 0 Å². The molecular formula is C17H15Cl2NO. The summed E-state index contributed by atoms with van der Waals surface area (Å²) >= 11 is 11.8. The SMILES string of the molecule is C/C(=C\C(=O)c1ccc(C)cc1)Nc1ccc(Cl)c(Cl)c1. The van der Waals surface area contributed by atoms with E-state index in [-0.39, 0.29) is 5.78 Å². The van der Waals surface area contributed by atoms with Gasteiger partial charge in [0, 0.05) is 23.0 Å². The number of ketones is 1. The summed E-state index contributed by atoms with van der Waals surface area (Å²) in [5, 5.41) is 4.09. The van der Waals surface area contributed by atoms with E-state index in [1.165, 1.54) is 0 Å². The number of anilines is 1. The maximum absolute atomic E-state index is 12.1. The second-order valence-corrected chi connectivity index (χ2v) is 5.63. The zero-order chi connectivity index (χ0) is 15.4. The Hall–Kier alpha value is -1.77. The van der Waals surface area contributed by atoms with E-state index in [1.807, 2.05) is 44.2 Å². The molecule has 0 atom stereocenters. The summed E-state index contributed by atoms with van der Waals surface area (Å²) in [6, 6.07) is 12.7. The van der Waals surface area contributed by atoms with Crippen LogP contribution in [-0.2, 0) is 0 Å². The molecule has 1 N–H and O–H groups in total. The molecule has 108 valence electrons. The van der Waals surface area contributed by atoms with Gasteiger partial charge in [-0.2, -0.15) is 0 Å². The van der Waals surface area contributed by atoms with Crippen molar-refractivity contribution in [3.8, 4) is 0 Å². The molecule has 0 amide bonds. The van der Waals surface area contributed by atoms with Crippen LogP contribution in [0.15, 0.2) is 54.2 Å². The quantitative estimate of drug-likeness (QED) is 0.595. The van der Waals surface area contributed by atoms with Crippen LogP contribution in [-0.4, -0.2) is 5.78 Å². The Morgan fingerprint density at radius 3 is 2.33 bits per heavy atom. The lowest BCUT2D eigenvalue weighted by Gasteiger charge is -2.07. The van der Waals surface area contributed by atoms with Gasteiger partial charge in [0.25, 0.3) is 0 Å². The minimum atomic E-state index is -0.0416. The van der Waals surface area contributed by atoms with Crippen molar-refractivity contribution in [1.82, 2.24) is 0 Å². The van der Waals surface area contributed by atoms with Gasteiger partial charge in [-0.25, -0.2) is 0 Å². The summed E-state index contributed by atoms with van der Waals surface area (Å²) in [5.74, 6) is -0.0416. The smallest absolute Gasteiger partial charge is 0.187 e. The summed E-state index contributed by atoms with van der Waals surface area (Å²) in [5.41, 5.74) is 3.31. The largest absolute Gasteiger partial charge is 0.359 e. The second-order valence-electron chi connectivity index (χ2n) is 4.81. The molecule has 21 heavy (non-hydrogen) atoms. The molecule has 2 aromatic carbocycles. The summed E-state index contributed by atoms with van der Waals surface area (Å²) in [7, 11) is 0. The van der Waals surface area contributed by atoms with E-state index >= 15 is 0 Å². The molecule has 0 heterocycles. The third-order valence-corrected chi connectivity index (χ3v) is 3.68. The molecule has 0 spiro atoms. The van der Waals surface area contributed by atoms with E-state index < -0.39 is 0 Å². The van der Waals surface area contributed by atoms with E-state index in [1.54, 1.807) is 18.2 Å². The Kier molecular flexibility index (Phi) is 5.05. The van der Waals surface area contributed by atoms with Gasteiger partial charge in [0.05, 0.1) is 10.0 Å². The van der Waals surface area contributed by atoms with E-state index in [4.69, 9.17) is 23.2 Å². The van der Waals surface area contributed by atoms with Crippen LogP contribution in [0.5, 0.6) is 0 Å². The van der Waals surface area contributed by atoms with Crippen LogP contribution in [0.1, 0.15) is 22.8 Å². The average molecular weight is 320 g/mol. The van der Waals surface area contributed by atoms with Gasteiger partial charge in [-0.3, -0.25) is 4.79 Å². The highest BCUT2D eigenvalue weighted by atomic mass is 35.5. The third kappa shape index (κ3) is 4.35. The maximum atomic E-state index is 12.1. The number of hydrogen-bond acceptors (Lipinski definition) is 2. The summed E-state index contributed by atoms with van der Waals surface area (Å²) in [6.45, 7) is 3.82. The lowest BCUT2D eigenvalue weighted by molar-refractivity contribution is 0.104. The molecule has 4 heteroatoms. The van der Waals surface area contributed by atoms with E-state index in [0.717, 1.165) is 16.9 Å². The van der Waals surface area contributed by atoms with Crippen LogP contribution in [0, 0.1) is 6.92 Å². The molecular weight excluding hydrogens is 305 g/mol. The van der Waals surface area contributed by atoms with E-state index in [0.29, 0.717) is 15.6 Å². The normalized spacial score (nSPS) is 11.3. The molecule has 0 saturated heterocycles. The number of carbonyl (C=O) groups is 1. The van der Waals surface area contributed by atoms with Gasteiger partial charge >= 0.3 is 0 Å². The highest BCUT2D eigenvalue weighted by Crippen LogP contribution is 2.25. The fourth-order valence-corrected chi connectivity index (χ4v) is 2.13. The van der Waals surface area contributed by atoms with Crippen LogP contribution in [0.2, 0.25) is 10.0 Å². The lowest BCUT2D eigenvalue weighted by Crippen LogP contribution is -2.01. The predicted octanol–water partition coefficient (Wildman–Crippen LogP) is 5.50. The Labute approximate surface area is 134 Å². The van der Waals surface area contributed by atoms with Crippen molar-refractivity contribution in [2.24, 2.45) is 0 Å². The summed E-state index contributed by atoms with van der Waals surface area (Å²) in [6.07, 6.45) is 1.56. The number of aryl methyl sites for hydroxylation is 1. The summed E-state index contributed by atoms with van der Waals surface area (Å²) < 4.78 is 0. The van der Waals surface area contributed by atoms with E-state index in [2.05, 4.69) is 5.32 Å². The van der Waals surface area contributed by atoms with Gasteiger partial charge in [0.2, 0.25) is 0 Å². The molecule has 0 aromatic heterocycles. The number of allylic oxidation sites excluding steroid dienone is 2. The van der Waals surface area contributed by atoms with Crippen molar-refractivity contribution < 1.29 is 4.79 Å². The number of halogens is 2. The maximum Gasteiger partial charge on any atom is 0.187 e. The standard InChI is InChI=1S/C17H15Cl2NO/c1-11-3-5-13(6-4-11)17(21)9-12(2)20-14-7-8-15(18)16(19)10-14/h3-10,20H,1-2H3/b12-9+. The molecule has 0 radical (unpaired) electrons. The highest BCUT2D eigenvalue weighted by Gasteiger charge is 2.04. The lowest BCUT2D eigenvalue weighted by atomic mass is 10.1. The molecule has 0 bridgehead atoms. The Morgan fingerprint density at radius 2 is 1.71 bits per heavy atom. The fraction of sp³-hybridized carbons (Fsp3) is 0.118. The fourth-order valence-electron chi connectivity index (χ4n) is 1.84. The van der Waals surface area contributed by atoms with Crippen molar-refractivity contribution in [1.29, 1.82) is 0 Å². The molecule has 0 aliphatic rings. The highest BCUT2D eigenvalue weighted by molar-refractivity contribution is 6.42. The monoisotopic (exact) mass is 319 g/mol. The van der Waals surface area contributed by atoms with Gasteiger partial charge in [-0.05, 0) is 32.0 Å². The molecule has 2 rings (SSSR count). The zero-order valence-electron chi connectivity index (χ0n) is 11.8. The second kappa shape index (κ2) is 6.79. The number of benzene rings is 2. The molecule has 2 aromatic rings. The summed E-state index contributed by atoms with van der Waals surface area (Å²) in [4.78, 5) is 12.1. The van der Waals surface area contributed by atoms with Crippen molar-refractivity contribution in [2.45, 2.75) is 13.8 Å². The average Bonchev–Trinajstić information content (AvgIpc) is 2.43. The van der Waals surface area contributed by atoms with Crippen molar-refractivity contribution >= 4 is 34.7 Å². The molecule has 0 unspecified atom stereocenters. The Balaban J connectivity index is 2.11. The number of rotatable bonds is 4. The minimum Gasteiger partial charge on any atom is -0.359 e. The van der Waals surface area contributed by atoms with Crippen LogP contribution in [0.25, 0.3) is 0 Å². The van der Waals surface area contributed by atoms with Gasteiger partial charge in [-0.15, -0.1) is 0 Å². The van der Waals surface area contributed by atoms with Crippen LogP contribution < -0.4 is 5.32 Å². The first-order valence-electron chi connectivity index (χ1n) is 6.47. The van der Waals surface area contributed by atoms with Gasteiger partial charge in [0.15, 0.2) is 5.78 Å². The van der Waals surface area contributed by atoms with Gasteiger partial charge in [0.1, 0.15) is 0 Å². The number of nitrogens with one attached hydrogen (secondary N) is 1. The van der Waals surface area contributed by atoms with Crippen molar-refractivity contribution in [2.75, 3.05) is 5.32 Å². The van der Waals surface area contributed by atoms with E-state index in [9.17, 15) is 4.79 Å². The topological polar surface area (TPSA) is 29.1 Å². The molecule has 2 nitrogen and oxygen atoms in total. The number of hydrogen-bond donors (Lipinski definition) is 1. The van der Waals surface area contributed by atoms with Gasteiger partial charge in [-0.1, -0.05) is 53.0 Å².